The zero-order valence-electron chi connectivity index (χ0n) is 17.9. The van der Waals surface area contributed by atoms with Crippen molar-refractivity contribution in [3.05, 3.63) is 0 Å². The van der Waals surface area contributed by atoms with Crippen LogP contribution in [0.15, 0.2) is 4.99 Å². The van der Waals surface area contributed by atoms with Crippen molar-refractivity contribution < 1.29 is 8.42 Å². The minimum atomic E-state index is -2.92. The molecular weight excluding hydrogens is 475 g/mol. The van der Waals surface area contributed by atoms with Crippen molar-refractivity contribution in [2.75, 3.05) is 51.3 Å². The van der Waals surface area contributed by atoms with Crippen LogP contribution in [0.2, 0.25) is 0 Å². The Kier molecular flexibility index (Phi) is 13.1. The molecule has 0 atom stereocenters. The Morgan fingerprint density at radius 3 is 2.41 bits per heavy atom. The lowest BCUT2D eigenvalue weighted by atomic mass is 9.90. The number of guanidine groups is 1. The molecule has 0 aromatic rings. The number of hydrogen-bond donors (Lipinski definition) is 2. The van der Waals surface area contributed by atoms with E-state index in [0.29, 0.717) is 13.0 Å². The second-order valence-corrected chi connectivity index (χ2v) is 10.8. The molecule has 8 heteroatoms. The number of aliphatic imine (C=N–C) groups is 1. The van der Waals surface area contributed by atoms with Crippen LogP contribution in [0, 0.1) is 11.3 Å². The van der Waals surface area contributed by atoms with Gasteiger partial charge < -0.3 is 15.5 Å². The fourth-order valence-electron chi connectivity index (χ4n) is 2.97. The molecule has 27 heavy (non-hydrogen) atoms. The van der Waals surface area contributed by atoms with Crippen molar-refractivity contribution in [2.45, 2.75) is 53.4 Å². The summed E-state index contributed by atoms with van der Waals surface area (Å²) in [4.78, 5) is 7.22. The van der Waals surface area contributed by atoms with Crippen LogP contribution in [0.1, 0.15) is 53.4 Å². The third-order valence-corrected chi connectivity index (χ3v) is 5.92. The minimum absolute atomic E-state index is 0. The summed E-state index contributed by atoms with van der Waals surface area (Å²) < 4.78 is 22.8. The molecule has 1 aliphatic rings. The van der Waals surface area contributed by atoms with Gasteiger partial charge in [-0.2, -0.15) is 0 Å². The average Bonchev–Trinajstić information content (AvgIpc) is 2.56. The van der Waals surface area contributed by atoms with Gasteiger partial charge in [0.2, 0.25) is 0 Å². The van der Waals surface area contributed by atoms with Crippen molar-refractivity contribution in [1.29, 1.82) is 0 Å². The minimum Gasteiger partial charge on any atom is -0.357 e. The van der Waals surface area contributed by atoms with Crippen LogP contribution >= 0.6 is 24.0 Å². The first-order valence-corrected chi connectivity index (χ1v) is 12.1. The number of rotatable bonds is 10. The molecule has 1 fully saturated rings. The molecule has 0 aromatic heterocycles. The standard InChI is InChI=1S/C19H40N4O2S.HI/c1-6-20-18(22-16-19(3,4)10-15-26(5,24)25)21-11-7-12-23-13-8-17(2)9-14-23;/h17H,6-16H2,1-5H3,(H2,20,21,22);1H. The van der Waals surface area contributed by atoms with Gasteiger partial charge in [-0.3, -0.25) is 4.99 Å². The van der Waals surface area contributed by atoms with Gasteiger partial charge in [0.1, 0.15) is 9.84 Å². The summed E-state index contributed by atoms with van der Waals surface area (Å²) in [6.07, 6.45) is 5.67. The van der Waals surface area contributed by atoms with Gasteiger partial charge in [0.05, 0.1) is 5.75 Å². The van der Waals surface area contributed by atoms with Gasteiger partial charge in [0.25, 0.3) is 0 Å². The van der Waals surface area contributed by atoms with Crippen LogP contribution in [-0.2, 0) is 9.84 Å². The van der Waals surface area contributed by atoms with Gasteiger partial charge in [-0.25, -0.2) is 8.42 Å². The number of nitrogens with zero attached hydrogens (tertiary/aromatic N) is 2. The van der Waals surface area contributed by atoms with E-state index in [-0.39, 0.29) is 35.1 Å². The third-order valence-electron chi connectivity index (χ3n) is 4.98. The van der Waals surface area contributed by atoms with E-state index in [9.17, 15) is 8.42 Å². The number of nitrogens with one attached hydrogen (secondary N) is 2. The Labute approximate surface area is 184 Å². The lowest BCUT2D eigenvalue weighted by Gasteiger charge is -2.30. The highest BCUT2D eigenvalue weighted by atomic mass is 127. The summed E-state index contributed by atoms with van der Waals surface area (Å²) in [5.41, 5.74) is -0.129. The molecule has 0 saturated carbocycles. The van der Waals surface area contributed by atoms with Gasteiger partial charge in [0, 0.05) is 25.9 Å². The van der Waals surface area contributed by atoms with Crippen LogP contribution < -0.4 is 10.6 Å². The Morgan fingerprint density at radius 1 is 1.22 bits per heavy atom. The second kappa shape index (κ2) is 13.2. The highest BCUT2D eigenvalue weighted by Gasteiger charge is 2.20. The first-order chi connectivity index (χ1) is 12.1. The molecule has 1 heterocycles. The summed E-state index contributed by atoms with van der Waals surface area (Å²) in [6, 6.07) is 0. The summed E-state index contributed by atoms with van der Waals surface area (Å²) in [5.74, 6) is 1.92. The van der Waals surface area contributed by atoms with Crippen LogP contribution in [-0.4, -0.2) is 70.6 Å². The average molecular weight is 517 g/mol. The van der Waals surface area contributed by atoms with Crippen LogP contribution in [0.25, 0.3) is 0 Å². The Balaban J connectivity index is 0.00000676. The Morgan fingerprint density at radius 2 is 1.85 bits per heavy atom. The predicted octanol–water partition coefficient (Wildman–Crippen LogP) is 2.74. The lowest BCUT2D eigenvalue weighted by molar-refractivity contribution is 0.191. The number of halogens is 1. The molecule has 0 bridgehead atoms. The zero-order chi connectivity index (χ0) is 19.6. The molecule has 0 radical (unpaired) electrons. The molecule has 0 aliphatic carbocycles. The molecule has 1 aliphatic heterocycles. The van der Waals surface area contributed by atoms with Crippen molar-refractivity contribution in [3.8, 4) is 0 Å². The largest absolute Gasteiger partial charge is 0.357 e. The topological polar surface area (TPSA) is 73.8 Å². The van der Waals surface area contributed by atoms with Gasteiger partial charge in [0.15, 0.2) is 5.96 Å². The first kappa shape index (κ1) is 26.9. The van der Waals surface area contributed by atoms with Gasteiger partial charge >= 0.3 is 0 Å². The van der Waals surface area contributed by atoms with Crippen molar-refractivity contribution in [2.24, 2.45) is 16.3 Å². The highest BCUT2D eigenvalue weighted by Crippen LogP contribution is 2.21. The normalized spacial score (nSPS) is 17.4. The van der Waals surface area contributed by atoms with Crippen LogP contribution in [0.5, 0.6) is 0 Å². The number of hydrogen-bond acceptors (Lipinski definition) is 4. The van der Waals surface area contributed by atoms with Crippen molar-refractivity contribution in [1.82, 2.24) is 15.5 Å². The van der Waals surface area contributed by atoms with Gasteiger partial charge in [-0.1, -0.05) is 20.8 Å². The van der Waals surface area contributed by atoms with E-state index in [0.717, 1.165) is 37.9 Å². The molecule has 0 unspecified atom stereocenters. The number of piperidine rings is 1. The molecule has 6 nitrogen and oxygen atoms in total. The molecular formula is C19H41IN4O2S. The van der Waals surface area contributed by atoms with E-state index in [1.807, 2.05) is 0 Å². The predicted molar refractivity (Wildman–Crippen MR) is 127 cm³/mol. The molecule has 1 rings (SSSR count). The Hall–Kier alpha value is -0.0900. The molecule has 0 spiro atoms. The molecule has 162 valence electrons. The van der Waals surface area contributed by atoms with Gasteiger partial charge in [-0.05, 0) is 63.6 Å². The lowest BCUT2D eigenvalue weighted by Crippen LogP contribution is -2.40. The molecule has 1 saturated heterocycles. The first-order valence-electron chi connectivity index (χ1n) is 10.0. The summed E-state index contributed by atoms with van der Waals surface area (Å²) >= 11 is 0. The smallest absolute Gasteiger partial charge is 0.191 e. The van der Waals surface area contributed by atoms with Crippen LogP contribution in [0.3, 0.4) is 0 Å². The van der Waals surface area contributed by atoms with E-state index in [1.54, 1.807) is 0 Å². The monoisotopic (exact) mass is 516 g/mol. The third kappa shape index (κ3) is 13.7. The summed E-state index contributed by atoms with van der Waals surface area (Å²) in [6.45, 7) is 14.5. The maximum atomic E-state index is 11.4. The van der Waals surface area contributed by atoms with E-state index in [1.165, 1.54) is 32.2 Å². The van der Waals surface area contributed by atoms with Gasteiger partial charge in [-0.15, -0.1) is 24.0 Å². The maximum Gasteiger partial charge on any atom is 0.191 e. The fourth-order valence-corrected chi connectivity index (χ4v) is 3.89. The maximum absolute atomic E-state index is 11.4. The number of sulfone groups is 1. The van der Waals surface area contributed by atoms with Crippen LogP contribution in [0.4, 0.5) is 0 Å². The van der Waals surface area contributed by atoms with E-state index in [2.05, 4.69) is 48.2 Å². The SMILES string of the molecule is CCNC(=NCC(C)(C)CCS(C)(=O)=O)NCCCN1CCC(C)CC1.I. The fraction of sp³-hybridized carbons (Fsp3) is 0.947. The summed E-state index contributed by atoms with van der Waals surface area (Å²) in [7, 11) is -2.92. The molecule has 0 aromatic carbocycles. The van der Waals surface area contributed by atoms with E-state index < -0.39 is 9.84 Å². The second-order valence-electron chi connectivity index (χ2n) is 8.54. The van der Waals surface area contributed by atoms with Crippen molar-refractivity contribution in [3.63, 3.8) is 0 Å². The zero-order valence-corrected chi connectivity index (χ0v) is 21.0. The van der Waals surface area contributed by atoms with E-state index >= 15 is 0 Å². The molecule has 0 amide bonds. The molecule has 2 N–H and O–H groups in total. The van der Waals surface area contributed by atoms with Crippen molar-refractivity contribution >= 4 is 39.8 Å². The highest BCUT2D eigenvalue weighted by molar-refractivity contribution is 14.0. The quantitative estimate of drug-likeness (QED) is 0.202. The Bertz CT molecular complexity index is 530. The number of likely N-dealkylation sites (tertiary alicyclic amines) is 1. The van der Waals surface area contributed by atoms with E-state index in [4.69, 9.17) is 0 Å². The summed E-state index contributed by atoms with van der Waals surface area (Å²) in [5, 5.41) is 6.69.